The van der Waals surface area contributed by atoms with Gasteiger partial charge in [0.05, 0.1) is 12.6 Å². The molecule has 2 atom stereocenters. The van der Waals surface area contributed by atoms with Crippen molar-refractivity contribution in [2.24, 2.45) is 10.7 Å². The standard InChI is InChI=1S/C18H21N3O/c1-22-12-14-9-5-6-10-16(14)20-18(19)21-17-11-15(17)13-7-3-2-4-8-13/h2-10,15,17H,11-12H2,1H3,(H3,19,20,21). The zero-order chi connectivity index (χ0) is 15.4. The Morgan fingerprint density at radius 2 is 1.91 bits per heavy atom. The largest absolute Gasteiger partial charge is 0.380 e. The van der Waals surface area contributed by atoms with Crippen LogP contribution in [0.5, 0.6) is 0 Å². The third kappa shape index (κ3) is 3.46. The lowest BCUT2D eigenvalue weighted by Crippen LogP contribution is -2.24. The number of guanidine groups is 1. The van der Waals surface area contributed by atoms with Gasteiger partial charge in [-0.05, 0) is 18.1 Å². The molecule has 4 heteroatoms. The first kappa shape index (κ1) is 14.6. The first-order chi connectivity index (χ1) is 10.8. The van der Waals surface area contributed by atoms with Crippen molar-refractivity contribution in [3.05, 3.63) is 65.7 Å². The van der Waals surface area contributed by atoms with Gasteiger partial charge in [-0.1, -0.05) is 48.5 Å². The highest BCUT2D eigenvalue weighted by molar-refractivity contribution is 5.93. The molecule has 3 N–H and O–H groups in total. The summed E-state index contributed by atoms with van der Waals surface area (Å²) in [5.41, 5.74) is 9.40. The Balaban J connectivity index is 1.65. The highest BCUT2D eigenvalue weighted by Gasteiger charge is 2.38. The zero-order valence-electron chi connectivity index (χ0n) is 12.7. The van der Waals surface area contributed by atoms with Crippen LogP contribution < -0.4 is 11.1 Å². The number of nitrogens with zero attached hydrogens (tertiary/aromatic N) is 1. The van der Waals surface area contributed by atoms with E-state index in [0.717, 1.165) is 17.7 Å². The van der Waals surface area contributed by atoms with E-state index in [1.165, 1.54) is 5.56 Å². The van der Waals surface area contributed by atoms with Crippen LogP contribution in [0.1, 0.15) is 23.5 Å². The topological polar surface area (TPSA) is 59.6 Å². The predicted molar refractivity (Wildman–Crippen MR) is 90.0 cm³/mol. The van der Waals surface area contributed by atoms with Gasteiger partial charge in [0, 0.05) is 24.3 Å². The van der Waals surface area contributed by atoms with Crippen molar-refractivity contribution >= 4 is 11.6 Å². The van der Waals surface area contributed by atoms with Crippen LogP contribution in [0.15, 0.2) is 59.6 Å². The van der Waals surface area contributed by atoms with Crippen LogP contribution >= 0.6 is 0 Å². The second-order valence-electron chi connectivity index (χ2n) is 5.55. The van der Waals surface area contributed by atoms with Crippen LogP contribution in [0.3, 0.4) is 0 Å². The Bertz CT molecular complexity index is 654. The Hall–Kier alpha value is -2.33. The molecular weight excluding hydrogens is 274 g/mol. The zero-order valence-corrected chi connectivity index (χ0v) is 12.7. The van der Waals surface area contributed by atoms with Gasteiger partial charge in [0.1, 0.15) is 0 Å². The van der Waals surface area contributed by atoms with Crippen molar-refractivity contribution in [2.45, 2.75) is 25.0 Å². The number of hydrogen-bond donors (Lipinski definition) is 2. The summed E-state index contributed by atoms with van der Waals surface area (Å²) in [5, 5.41) is 3.19. The van der Waals surface area contributed by atoms with Crippen LogP contribution in [-0.4, -0.2) is 19.1 Å². The fourth-order valence-electron chi connectivity index (χ4n) is 2.66. The molecular formula is C18H21N3O. The molecule has 2 unspecified atom stereocenters. The fourth-order valence-corrected chi connectivity index (χ4v) is 2.66. The summed E-state index contributed by atoms with van der Waals surface area (Å²) in [6.45, 7) is 0.548. The molecule has 3 rings (SSSR count). The van der Waals surface area contributed by atoms with Crippen molar-refractivity contribution in [2.75, 3.05) is 12.4 Å². The summed E-state index contributed by atoms with van der Waals surface area (Å²) in [6, 6.07) is 18.7. The van der Waals surface area contributed by atoms with Crippen LogP contribution in [-0.2, 0) is 11.3 Å². The molecule has 114 valence electrons. The van der Waals surface area contributed by atoms with Crippen molar-refractivity contribution in [3.63, 3.8) is 0 Å². The maximum absolute atomic E-state index is 6.05. The third-order valence-corrected chi connectivity index (χ3v) is 3.87. The van der Waals surface area contributed by atoms with Crippen LogP contribution in [0.2, 0.25) is 0 Å². The van der Waals surface area contributed by atoms with Crippen LogP contribution in [0, 0.1) is 0 Å². The number of nitrogens with one attached hydrogen (secondary N) is 1. The molecule has 1 aliphatic rings. The molecule has 1 fully saturated rings. The van der Waals surface area contributed by atoms with E-state index in [-0.39, 0.29) is 6.04 Å². The summed E-state index contributed by atoms with van der Waals surface area (Å²) in [5.74, 6) is 0.961. The van der Waals surface area contributed by atoms with Crippen LogP contribution in [0.4, 0.5) is 5.69 Å². The lowest BCUT2D eigenvalue weighted by Gasteiger charge is -2.10. The van der Waals surface area contributed by atoms with Crippen molar-refractivity contribution < 1.29 is 4.74 Å². The average Bonchev–Trinajstić information content (AvgIpc) is 3.29. The molecule has 0 saturated heterocycles. The van der Waals surface area contributed by atoms with E-state index in [4.69, 9.17) is 10.5 Å². The number of aliphatic imine (C=N–C) groups is 1. The molecule has 0 heterocycles. The number of hydrogen-bond acceptors (Lipinski definition) is 2. The summed E-state index contributed by atoms with van der Waals surface area (Å²) < 4.78 is 5.20. The van der Waals surface area contributed by atoms with Gasteiger partial charge in [-0.3, -0.25) is 0 Å². The number of ether oxygens (including phenoxy) is 1. The van der Waals surface area contributed by atoms with E-state index in [9.17, 15) is 0 Å². The normalized spacial score (nSPS) is 20.7. The van der Waals surface area contributed by atoms with E-state index in [1.807, 2.05) is 30.3 Å². The van der Waals surface area contributed by atoms with Crippen LogP contribution in [0.25, 0.3) is 0 Å². The monoisotopic (exact) mass is 295 g/mol. The van der Waals surface area contributed by atoms with E-state index in [0.29, 0.717) is 18.5 Å². The number of rotatable bonds is 5. The van der Waals surface area contributed by atoms with Gasteiger partial charge in [-0.15, -0.1) is 0 Å². The highest BCUT2D eigenvalue weighted by atomic mass is 16.5. The Kier molecular flexibility index (Phi) is 4.39. The highest BCUT2D eigenvalue weighted by Crippen LogP contribution is 2.43. The molecule has 2 aromatic rings. The fraction of sp³-hybridized carbons (Fsp3) is 0.278. The Labute approximate surface area is 131 Å². The summed E-state index contributed by atoms with van der Waals surface area (Å²) >= 11 is 0. The summed E-state index contributed by atoms with van der Waals surface area (Å²) in [6.07, 6.45) is 1.06. The second kappa shape index (κ2) is 6.62. The first-order valence-corrected chi connectivity index (χ1v) is 7.50. The predicted octanol–water partition coefficient (Wildman–Crippen LogP) is 3.12. The van der Waals surface area contributed by atoms with E-state index < -0.39 is 0 Å². The quantitative estimate of drug-likeness (QED) is 0.658. The Morgan fingerprint density at radius 3 is 2.68 bits per heavy atom. The summed E-state index contributed by atoms with van der Waals surface area (Å²) in [7, 11) is 1.68. The molecule has 0 spiro atoms. The van der Waals surface area contributed by atoms with E-state index in [1.54, 1.807) is 7.11 Å². The number of para-hydroxylation sites is 1. The van der Waals surface area contributed by atoms with Crippen molar-refractivity contribution in [1.82, 2.24) is 0 Å². The van der Waals surface area contributed by atoms with E-state index >= 15 is 0 Å². The summed E-state index contributed by atoms with van der Waals surface area (Å²) in [4.78, 5) is 4.59. The van der Waals surface area contributed by atoms with Gasteiger partial charge < -0.3 is 15.8 Å². The molecule has 22 heavy (non-hydrogen) atoms. The molecule has 0 amide bonds. The van der Waals surface area contributed by atoms with Crippen molar-refractivity contribution in [3.8, 4) is 0 Å². The molecule has 4 nitrogen and oxygen atoms in total. The van der Waals surface area contributed by atoms with Gasteiger partial charge in [0.25, 0.3) is 0 Å². The van der Waals surface area contributed by atoms with Gasteiger partial charge in [-0.2, -0.15) is 0 Å². The maximum atomic E-state index is 6.05. The SMILES string of the molecule is COCc1ccccc1NC(N)=NC1CC1c1ccccc1. The minimum Gasteiger partial charge on any atom is -0.380 e. The third-order valence-electron chi connectivity index (χ3n) is 3.87. The molecule has 0 bridgehead atoms. The van der Waals surface area contributed by atoms with E-state index in [2.05, 4.69) is 34.6 Å². The molecule has 0 radical (unpaired) electrons. The molecule has 1 aliphatic carbocycles. The minimum atomic E-state index is 0.282. The Morgan fingerprint density at radius 1 is 1.18 bits per heavy atom. The molecule has 2 aromatic carbocycles. The van der Waals surface area contributed by atoms with Gasteiger partial charge in [0.15, 0.2) is 5.96 Å². The number of anilines is 1. The first-order valence-electron chi connectivity index (χ1n) is 7.50. The molecule has 0 aliphatic heterocycles. The van der Waals surface area contributed by atoms with Gasteiger partial charge in [-0.25, -0.2) is 4.99 Å². The van der Waals surface area contributed by atoms with Gasteiger partial charge >= 0.3 is 0 Å². The number of methoxy groups -OCH3 is 1. The minimum absolute atomic E-state index is 0.282. The lowest BCUT2D eigenvalue weighted by molar-refractivity contribution is 0.185. The molecule has 1 saturated carbocycles. The van der Waals surface area contributed by atoms with Gasteiger partial charge in [0.2, 0.25) is 0 Å². The lowest BCUT2D eigenvalue weighted by atomic mass is 10.1. The smallest absolute Gasteiger partial charge is 0.193 e. The maximum Gasteiger partial charge on any atom is 0.193 e. The van der Waals surface area contributed by atoms with Crippen molar-refractivity contribution in [1.29, 1.82) is 0 Å². The molecule has 0 aromatic heterocycles. The second-order valence-corrected chi connectivity index (χ2v) is 5.55. The average molecular weight is 295 g/mol. The number of benzene rings is 2. The number of nitrogens with two attached hydrogens (primary N) is 1.